The van der Waals surface area contributed by atoms with Crippen molar-refractivity contribution < 1.29 is 0 Å². The number of benzene rings is 1. The Balaban J connectivity index is 2.27. The molecular formula is C18H26N2S. The van der Waals surface area contributed by atoms with Crippen molar-refractivity contribution in [2.75, 3.05) is 6.54 Å². The minimum Gasteiger partial charge on any atom is -0.306 e. The van der Waals surface area contributed by atoms with E-state index in [1.165, 1.54) is 16.0 Å². The highest BCUT2D eigenvalue weighted by Crippen LogP contribution is 2.27. The fraction of sp³-hybridized carbons (Fsp3) is 0.500. The second-order valence-corrected chi connectivity index (χ2v) is 7.28. The third-order valence-electron chi connectivity index (χ3n) is 3.45. The third-order valence-corrected chi connectivity index (χ3v) is 4.43. The number of hydrogen-bond donors (Lipinski definition) is 1. The molecule has 0 aliphatic heterocycles. The van der Waals surface area contributed by atoms with E-state index in [4.69, 9.17) is 0 Å². The Kier molecular flexibility index (Phi) is 5.95. The number of aryl methyl sites for hydroxylation is 1. The second-order valence-electron chi connectivity index (χ2n) is 6.01. The molecule has 0 amide bonds. The van der Waals surface area contributed by atoms with Gasteiger partial charge >= 0.3 is 0 Å². The molecule has 0 bridgehead atoms. The van der Waals surface area contributed by atoms with Crippen molar-refractivity contribution in [3.8, 4) is 0 Å². The van der Waals surface area contributed by atoms with Gasteiger partial charge in [-0.3, -0.25) is 0 Å². The van der Waals surface area contributed by atoms with Gasteiger partial charge in [-0.15, -0.1) is 11.3 Å². The van der Waals surface area contributed by atoms with E-state index in [1.54, 1.807) is 11.3 Å². The lowest BCUT2D eigenvalue weighted by Gasteiger charge is -2.18. The molecule has 1 unspecified atom stereocenters. The van der Waals surface area contributed by atoms with Crippen molar-refractivity contribution in [1.82, 2.24) is 10.3 Å². The van der Waals surface area contributed by atoms with E-state index >= 15 is 0 Å². The quantitative estimate of drug-likeness (QED) is 0.799. The Hall–Kier alpha value is -1.19. The Morgan fingerprint density at radius 3 is 2.71 bits per heavy atom. The summed E-state index contributed by atoms with van der Waals surface area (Å²) in [5.74, 6) is 0.688. The van der Waals surface area contributed by atoms with E-state index < -0.39 is 0 Å². The first kappa shape index (κ1) is 16.2. The average molecular weight is 302 g/mol. The van der Waals surface area contributed by atoms with Crippen LogP contribution in [-0.4, -0.2) is 11.5 Å². The fourth-order valence-corrected chi connectivity index (χ4v) is 3.44. The standard InChI is InChI=1S/C18H26N2S/c1-5-9-19-18(17-12-20-14(4)21-17)16-8-6-7-15(11-16)10-13(2)3/h6-8,11-13,18-19H,5,9-10H2,1-4H3. The summed E-state index contributed by atoms with van der Waals surface area (Å²) in [6.07, 6.45) is 4.29. The van der Waals surface area contributed by atoms with Gasteiger partial charge in [-0.1, -0.05) is 45.0 Å². The maximum atomic E-state index is 4.42. The third kappa shape index (κ3) is 4.65. The van der Waals surface area contributed by atoms with Crippen LogP contribution >= 0.6 is 11.3 Å². The van der Waals surface area contributed by atoms with Gasteiger partial charge < -0.3 is 5.32 Å². The van der Waals surface area contributed by atoms with Crippen LogP contribution in [0.15, 0.2) is 30.5 Å². The minimum absolute atomic E-state index is 0.267. The first-order valence-corrected chi connectivity index (χ1v) is 8.66. The van der Waals surface area contributed by atoms with Crippen LogP contribution in [0.1, 0.15) is 54.2 Å². The summed E-state index contributed by atoms with van der Waals surface area (Å²) in [5.41, 5.74) is 2.78. The van der Waals surface area contributed by atoms with Gasteiger partial charge in [0, 0.05) is 11.1 Å². The van der Waals surface area contributed by atoms with Gasteiger partial charge in [0.05, 0.1) is 11.0 Å². The molecule has 1 atom stereocenters. The van der Waals surface area contributed by atoms with Crippen molar-refractivity contribution in [1.29, 1.82) is 0 Å². The number of rotatable bonds is 7. The molecule has 2 rings (SSSR count). The Labute approximate surface area is 132 Å². The van der Waals surface area contributed by atoms with Gasteiger partial charge in [0.25, 0.3) is 0 Å². The van der Waals surface area contributed by atoms with E-state index in [1.807, 2.05) is 6.20 Å². The minimum atomic E-state index is 0.267. The molecule has 0 saturated carbocycles. The van der Waals surface area contributed by atoms with Gasteiger partial charge in [0.15, 0.2) is 0 Å². The van der Waals surface area contributed by atoms with Crippen molar-refractivity contribution in [2.24, 2.45) is 5.92 Å². The molecule has 0 spiro atoms. The maximum Gasteiger partial charge on any atom is 0.0897 e. The molecule has 3 heteroatoms. The highest BCUT2D eigenvalue weighted by molar-refractivity contribution is 7.11. The normalized spacial score (nSPS) is 12.8. The Bertz CT molecular complexity index is 560. The molecule has 1 aromatic heterocycles. The number of hydrogen-bond acceptors (Lipinski definition) is 3. The highest BCUT2D eigenvalue weighted by atomic mass is 32.1. The van der Waals surface area contributed by atoms with Crippen molar-refractivity contribution in [2.45, 2.75) is 46.6 Å². The highest BCUT2D eigenvalue weighted by Gasteiger charge is 2.16. The van der Waals surface area contributed by atoms with Crippen LogP contribution in [-0.2, 0) is 6.42 Å². The van der Waals surface area contributed by atoms with Gasteiger partial charge in [0.2, 0.25) is 0 Å². The van der Waals surface area contributed by atoms with E-state index in [9.17, 15) is 0 Å². The summed E-state index contributed by atoms with van der Waals surface area (Å²) in [6, 6.07) is 9.26. The molecule has 114 valence electrons. The van der Waals surface area contributed by atoms with Crippen LogP contribution < -0.4 is 5.32 Å². The topological polar surface area (TPSA) is 24.9 Å². The Morgan fingerprint density at radius 2 is 2.10 bits per heavy atom. The van der Waals surface area contributed by atoms with Crippen molar-refractivity contribution in [3.05, 3.63) is 51.5 Å². The molecule has 1 aromatic carbocycles. The number of nitrogens with zero attached hydrogens (tertiary/aromatic N) is 1. The average Bonchev–Trinajstić information content (AvgIpc) is 2.85. The van der Waals surface area contributed by atoms with E-state index in [0.717, 1.165) is 24.4 Å². The van der Waals surface area contributed by atoms with E-state index in [2.05, 4.69) is 62.3 Å². The van der Waals surface area contributed by atoms with Crippen LogP contribution in [0, 0.1) is 12.8 Å². The fourth-order valence-electron chi connectivity index (χ4n) is 2.55. The van der Waals surface area contributed by atoms with Gasteiger partial charge in [-0.05, 0) is 43.4 Å². The monoisotopic (exact) mass is 302 g/mol. The molecule has 21 heavy (non-hydrogen) atoms. The molecule has 0 radical (unpaired) electrons. The zero-order valence-electron chi connectivity index (χ0n) is 13.5. The number of nitrogens with one attached hydrogen (secondary N) is 1. The van der Waals surface area contributed by atoms with Crippen molar-refractivity contribution in [3.63, 3.8) is 0 Å². The van der Waals surface area contributed by atoms with Crippen LogP contribution in [0.25, 0.3) is 0 Å². The van der Waals surface area contributed by atoms with E-state index in [-0.39, 0.29) is 6.04 Å². The van der Waals surface area contributed by atoms with Crippen LogP contribution in [0.2, 0.25) is 0 Å². The lowest BCUT2D eigenvalue weighted by Crippen LogP contribution is -2.22. The first-order chi connectivity index (χ1) is 10.1. The number of aromatic nitrogens is 1. The summed E-state index contributed by atoms with van der Waals surface area (Å²) in [5, 5.41) is 4.80. The van der Waals surface area contributed by atoms with E-state index in [0.29, 0.717) is 5.92 Å². The molecule has 0 fully saturated rings. The van der Waals surface area contributed by atoms with Crippen molar-refractivity contribution >= 4 is 11.3 Å². The molecule has 0 aliphatic rings. The van der Waals surface area contributed by atoms with Gasteiger partial charge in [-0.25, -0.2) is 4.98 Å². The predicted molar refractivity (Wildman–Crippen MR) is 92.0 cm³/mol. The lowest BCUT2D eigenvalue weighted by atomic mass is 9.97. The Morgan fingerprint density at radius 1 is 1.29 bits per heavy atom. The van der Waals surface area contributed by atoms with Crippen LogP contribution in [0.3, 0.4) is 0 Å². The van der Waals surface area contributed by atoms with Gasteiger partial charge in [0.1, 0.15) is 0 Å². The predicted octanol–water partition coefficient (Wildman–Crippen LogP) is 4.74. The molecule has 1 N–H and O–H groups in total. The molecule has 0 aliphatic carbocycles. The molecule has 0 saturated heterocycles. The largest absolute Gasteiger partial charge is 0.306 e. The summed E-state index contributed by atoms with van der Waals surface area (Å²) < 4.78 is 0. The molecule has 2 nitrogen and oxygen atoms in total. The van der Waals surface area contributed by atoms with Gasteiger partial charge in [-0.2, -0.15) is 0 Å². The lowest BCUT2D eigenvalue weighted by molar-refractivity contribution is 0.602. The second kappa shape index (κ2) is 7.71. The first-order valence-electron chi connectivity index (χ1n) is 7.84. The zero-order chi connectivity index (χ0) is 15.2. The zero-order valence-corrected chi connectivity index (χ0v) is 14.3. The summed E-state index contributed by atoms with van der Waals surface area (Å²) in [4.78, 5) is 5.73. The maximum absolute atomic E-state index is 4.42. The molecule has 2 aromatic rings. The molecular weight excluding hydrogens is 276 g/mol. The summed E-state index contributed by atoms with van der Waals surface area (Å²) in [6.45, 7) is 9.84. The van der Waals surface area contributed by atoms with Crippen LogP contribution in [0.5, 0.6) is 0 Å². The smallest absolute Gasteiger partial charge is 0.0897 e. The molecule has 1 heterocycles. The SMILES string of the molecule is CCCNC(c1cccc(CC(C)C)c1)c1cnc(C)s1. The summed E-state index contributed by atoms with van der Waals surface area (Å²) >= 11 is 1.79. The summed E-state index contributed by atoms with van der Waals surface area (Å²) in [7, 11) is 0. The number of thiazole rings is 1. The van der Waals surface area contributed by atoms with Crippen LogP contribution in [0.4, 0.5) is 0 Å².